The van der Waals surface area contributed by atoms with E-state index in [1.165, 1.54) is 0 Å². The van der Waals surface area contributed by atoms with Crippen LogP contribution in [0.1, 0.15) is 62.2 Å². The van der Waals surface area contributed by atoms with E-state index in [4.69, 9.17) is 15.0 Å². The summed E-state index contributed by atoms with van der Waals surface area (Å²) < 4.78 is 38.1. The summed E-state index contributed by atoms with van der Waals surface area (Å²) in [4.78, 5) is 32.0. The molecule has 30 heavy (non-hydrogen) atoms. The first-order valence-electron chi connectivity index (χ1n) is 10.3. The zero-order chi connectivity index (χ0) is 21.5. The Labute approximate surface area is 172 Å². The lowest BCUT2D eigenvalue weighted by molar-refractivity contribution is -0.148. The van der Waals surface area contributed by atoms with Crippen molar-refractivity contribution in [3.05, 3.63) is 11.7 Å². The van der Waals surface area contributed by atoms with E-state index in [1.807, 2.05) is 0 Å². The number of hydrogen-bond donors (Lipinski definition) is 1. The van der Waals surface area contributed by atoms with Gasteiger partial charge in [-0.15, -0.1) is 0 Å². The molecule has 1 aromatic heterocycles. The Morgan fingerprint density at radius 3 is 2.90 bits per heavy atom. The molecule has 2 aliphatic heterocycles. The molecule has 166 valence electrons. The van der Waals surface area contributed by atoms with Gasteiger partial charge in [0.05, 0.1) is 12.6 Å². The van der Waals surface area contributed by atoms with Gasteiger partial charge in [0.25, 0.3) is 5.92 Å². The standard InChI is InChI=1S/C19H27F2N5O4/c1-29-13-7-14(18-23-17(24-30-18)11-2-3-11)26(9-13)16(28)6-12(22)8-25-10-19(20,21)5-4-15(25)27/h11-14H,2-10,22H2,1H3/t12-,13+,14-/m0/s1. The van der Waals surface area contributed by atoms with Crippen LogP contribution in [-0.2, 0) is 14.3 Å². The van der Waals surface area contributed by atoms with Crippen LogP contribution in [0.2, 0.25) is 0 Å². The van der Waals surface area contributed by atoms with Crippen molar-refractivity contribution in [1.29, 1.82) is 0 Å². The summed E-state index contributed by atoms with van der Waals surface area (Å²) in [5, 5.41) is 4.02. The van der Waals surface area contributed by atoms with Crippen LogP contribution in [0, 0.1) is 0 Å². The molecule has 4 rings (SSSR count). The molecule has 2 saturated heterocycles. The minimum Gasteiger partial charge on any atom is -0.380 e. The number of nitrogens with two attached hydrogens (primary N) is 1. The summed E-state index contributed by atoms with van der Waals surface area (Å²) in [6.07, 6.45) is 1.70. The highest BCUT2D eigenvalue weighted by atomic mass is 19.3. The Balaban J connectivity index is 1.39. The average molecular weight is 427 g/mol. The maximum absolute atomic E-state index is 13.6. The molecule has 1 aliphatic carbocycles. The summed E-state index contributed by atoms with van der Waals surface area (Å²) in [5.41, 5.74) is 6.06. The molecule has 0 unspecified atom stereocenters. The summed E-state index contributed by atoms with van der Waals surface area (Å²) in [6.45, 7) is -0.384. The zero-order valence-corrected chi connectivity index (χ0v) is 16.9. The molecule has 2 amide bonds. The van der Waals surface area contributed by atoms with Gasteiger partial charge < -0.3 is 24.8 Å². The van der Waals surface area contributed by atoms with Gasteiger partial charge in [-0.1, -0.05) is 5.16 Å². The second-order valence-corrected chi connectivity index (χ2v) is 8.51. The van der Waals surface area contributed by atoms with Crippen LogP contribution in [-0.4, -0.2) is 76.6 Å². The lowest BCUT2D eigenvalue weighted by Gasteiger charge is -2.34. The topological polar surface area (TPSA) is 115 Å². The second kappa shape index (κ2) is 8.18. The predicted molar refractivity (Wildman–Crippen MR) is 99.5 cm³/mol. The van der Waals surface area contributed by atoms with Crippen LogP contribution in [0.3, 0.4) is 0 Å². The van der Waals surface area contributed by atoms with Crippen LogP contribution >= 0.6 is 0 Å². The highest BCUT2D eigenvalue weighted by molar-refractivity contribution is 5.79. The molecule has 3 heterocycles. The molecule has 0 aromatic carbocycles. The minimum atomic E-state index is -2.92. The summed E-state index contributed by atoms with van der Waals surface area (Å²) in [7, 11) is 1.58. The molecule has 0 bridgehead atoms. The highest BCUT2D eigenvalue weighted by Gasteiger charge is 2.42. The van der Waals surface area contributed by atoms with Gasteiger partial charge in [-0.3, -0.25) is 9.59 Å². The number of piperidine rings is 1. The third kappa shape index (κ3) is 4.61. The quantitative estimate of drug-likeness (QED) is 0.695. The highest BCUT2D eigenvalue weighted by Crippen LogP contribution is 2.40. The van der Waals surface area contributed by atoms with Gasteiger partial charge in [-0.2, -0.15) is 4.98 Å². The number of methoxy groups -OCH3 is 1. The number of alkyl halides is 2. The monoisotopic (exact) mass is 427 g/mol. The van der Waals surface area contributed by atoms with Crippen molar-refractivity contribution < 1.29 is 27.6 Å². The number of rotatable bonds is 7. The lowest BCUT2D eigenvalue weighted by atomic mass is 10.0. The maximum Gasteiger partial charge on any atom is 0.265 e. The Morgan fingerprint density at radius 2 is 2.20 bits per heavy atom. The SMILES string of the molecule is CO[C@@H]1C[C@@H](c2nc(C3CC3)no2)N(C(=O)C[C@H](N)CN2CC(F)(F)CCC2=O)C1. The molecule has 1 aromatic rings. The Hall–Kier alpha value is -2.14. The summed E-state index contributed by atoms with van der Waals surface area (Å²) in [6, 6.07) is -1.15. The smallest absolute Gasteiger partial charge is 0.265 e. The Bertz CT molecular complexity index is 800. The number of likely N-dealkylation sites (tertiary alicyclic amines) is 2. The number of aromatic nitrogens is 2. The van der Waals surface area contributed by atoms with Crippen molar-refractivity contribution in [2.24, 2.45) is 5.73 Å². The molecule has 9 nitrogen and oxygen atoms in total. The lowest BCUT2D eigenvalue weighted by Crippen LogP contribution is -2.51. The normalized spacial score (nSPS) is 27.5. The van der Waals surface area contributed by atoms with Crippen molar-refractivity contribution >= 4 is 11.8 Å². The van der Waals surface area contributed by atoms with Crippen molar-refractivity contribution in [3.63, 3.8) is 0 Å². The molecular weight excluding hydrogens is 400 g/mol. The number of hydrogen-bond acceptors (Lipinski definition) is 7. The van der Waals surface area contributed by atoms with E-state index in [9.17, 15) is 18.4 Å². The first-order chi connectivity index (χ1) is 14.3. The molecule has 2 N–H and O–H groups in total. The average Bonchev–Trinajstić information content (AvgIpc) is 3.26. The fraction of sp³-hybridized carbons (Fsp3) is 0.789. The number of nitrogens with zero attached hydrogens (tertiary/aromatic N) is 4. The Kier molecular flexibility index (Phi) is 5.75. The summed E-state index contributed by atoms with van der Waals surface area (Å²) in [5.74, 6) is -2.15. The third-order valence-electron chi connectivity index (χ3n) is 5.97. The molecule has 1 saturated carbocycles. The van der Waals surface area contributed by atoms with Gasteiger partial charge in [0.2, 0.25) is 17.7 Å². The molecule has 0 radical (unpaired) electrons. The Morgan fingerprint density at radius 1 is 1.43 bits per heavy atom. The first kappa shape index (κ1) is 21.1. The van der Waals surface area contributed by atoms with Gasteiger partial charge >= 0.3 is 0 Å². The van der Waals surface area contributed by atoms with E-state index < -0.39 is 31.0 Å². The van der Waals surface area contributed by atoms with Gasteiger partial charge in [0, 0.05) is 57.8 Å². The predicted octanol–water partition coefficient (Wildman–Crippen LogP) is 1.21. The third-order valence-corrected chi connectivity index (χ3v) is 5.97. The molecule has 0 spiro atoms. The van der Waals surface area contributed by atoms with E-state index in [-0.39, 0.29) is 37.3 Å². The van der Waals surface area contributed by atoms with Crippen molar-refractivity contribution in [2.45, 2.75) is 68.6 Å². The zero-order valence-electron chi connectivity index (χ0n) is 16.9. The van der Waals surface area contributed by atoms with Gasteiger partial charge in [0.15, 0.2) is 5.82 Å². The molecule has 11 heteroatoms. The van der Waals surface area contributed by atoms with Gasteiger partial charge in [-0.25, -0.2) is 8.78 Å². The molecule has 3 aliphatic rings. The first-order valence-corrected chi connectivity index (χ1v) is 10.3. The van der Waals surface area contributed by atoms with Crippen molar-refractivity contribution in [2.75, 3.05) is 26.7 Å². The summed E-state index contributed by atoms with van der Waals surface area (Å²) >= 11 is 0. The number of amides is 2. The molecule has 3 atom stereocenters. The number of carbonyl (C=O) groups is 2. The van der Waals surface area contributed by atoms with E-state index in [0.29, 0.717) is 30.6 Å². The fourth-order valence-electron chi connectivity index (χ4n) is 4.12. The van der Waals surface area contributed by atoms with E-state index in [0.717, 1.165) is 17.7 Å². The molecular formula is C19H27F2N5O4. The van der Waals surface area contributed by atoms with Crippen LogP contribution in [0.15, 0.2) is 4.52 Å². The molecule has 3 fully saturated rings. The van der Waals surface area contributed by atoms with Crippen LogP contribution in [0.25, 0.3) is 0 Å². The van der Waals surface area contributed by atoms with Gasteiger partial charge in [0.1, 0.15) is 6.04 Å². The van der Waals surface area contributed by atoms with Crippen LogP contribution < -0.4 is 5.73 Å². The van der Waals surface area contributed by atoms with Crippen molar-refractivity contribution in [3.8, 4) is 0 Å². The number of carbonyl (C=O) groups excluding carboxylic acids is 2. The minimum absolute atomic E-state index is 0.0775. The van der Waals surface area contributed by atoms with Crippen LogP contribution in [0.4, 0.5) is 8.78 Å². The maximum atomic E-state index is 13.6. The number of halogens is 2. The fourth-order valence-corrected chi connectivity index (χ4v) is 4.12. The number of ether oxygens (including phenoxy) is 1. The second-order valence-electron chi connectivity index (χ2n) is 8.51. The van der Waals surface area contributed by atoms with E-state index in [1.54, 1.807) is 12.0 Å². The van der Waals surface area contributed by atoms with Gasteiger partial charge in [-0.05, 0) is 12.8 Å². The van der Waals surface area contributed by atoms with E-state index in [2.05, 4.69) is 10.1 Å². The van der Waals surface area contributed by atoms with Crippen LogP contribution in [0.5, 0.6) is 0 Å². The van der Waals surface area contributed by atoms with Crippen molar-refractivity contribution in [1.82, 2.24) is 19.9 Å². The van der Waals surface area contributed by atoms with E-state index >= 15 is 0 Å². The largest absolute Gasteiger partial charge is 0.380 e.